The lowest BCUT2D eigenvalue weighted by atomic mass is 9.81. The van der Waals surface area contributed by atoms with Crippen LogP contribution in [0.5, 0.6) is 0 Å². The first-order valence-corrected chi connectivity index (χ1v) is 4.95. The molecular formula is C10H15NO2. The summed E-state index contributed by atoms with van der Waals surface area (Å²) >= 11 is 0. The Bertz CT molecular complexity index is 247. The van der Waals surface area contributed by atoms with E-state index in [9.17, 15) is 4.79 Å². The number of fused-ring (bicyclic) bond motifs is 1. The number of hydrogen-bond acceptors (Lipinski definition) is 3. The number of aldehydes is 1. The van der Waals surface area contributed by atoms with Crippen LogP contribution in [0, 0.1) is 5.92 Å². The summed E-state index contributed by atoms with van der Waals surface area (Å²) in [6.07, 6.45) is 5.39. The molecule has 0 aromatic carbocycles. The zero-order valence-electron chi connectivity index (χ0n) is 7.88. The number of rotatable bonds is 2. The zero-order valence-corrected chi connectivity index (χ0v) is 7.88. The highest BCUT2D eigenvalue weighted by atomic mass is 16.7. The van der Waals surface area contributed by atoms with Crippen molar-refractivity contribution in [2.45, 2.75) is 38.6 Å². The Hall–Kier alpha value is -0.830. The van der Waals surface area contributed by atoms with Crippen molar-refractivity contribution >= 4 is 6.29 Å². The maximum absolute atomic E-state index is 10.6. The Labute approximate surface area is 78.1 Å². The fraction of sp³-hybridized carbons (Fsp3) is 0.700. The topological polar surface area (TPSA) is 38.3 Å². The molecule has 0 saturated heterocycles. The summed E-state index contributed by atoms with van der Waals surface area (Å²) in [6.45, 7) is 2.20. The van der Waals surface area contributed by atoms with Crippen molar-refractivity contribution in [1.29, 1.82) is 0 Å². The average Bonchev–Trinajstić information content (AvgIpc) is 2.59. The second-order valence-electron chi connectivity index (χ2n) is 3.84. The summed E-state index contributed by atoms with van der Waals surface area (Å²) in [5.74, 6) is 1.27. The van der Waals surface area contributed by atoms with Gasteiger partial charge in [0.2, 0.25) is 0 Å². The second kappa shape index (κ2) is 3.50. The van der Waals surface area contributed by atoms with Crippen molar-refractivity contribution in [2.75, 3.05) is 0 Å². The van der Waals surface area contributed by atoms with E-state index in [1.807, 2.05) is 0 Å². The molecule has 2 rings (SSSR count). The van der Waals surface area contributed by atoms with Crippen LogP contribution in [0.3, 0.4) is 0 Å². The third-order valence-electron chi connectivity index (χ3n) is 3.10. The van der Waals surface area contributed by atoms with Crippen LogP contribution in [-0.4, -0.2) is 12.3 Å². The van der Waals surface area contributed by atoms with Crippen molar-refractivity contribution in [1.82, 2.24) is 5.48 Å². The van der Waals surface area contributed by atoms with Gasteiger partial charge >= 0.3 is 0 Å². The standard InChI is InChI=1S/C10H15NO2/c1-2-7-3-4-9-8(5-7)10(6-12)13-11-9/h6-7,9,11H,2-5H2,1H3. The van der Waals surface area contributed by atoms with E-state index in [4.69, 9.17) is 4.84 Å². The molecule has 1 fully saturated rings. The largest absolute Gasteiger partial charge is 0.405 e. The fourth-order valence-electron chi connectivity index (χ4n) is 2.18. The number of nitrogens with one attached hydrogen (secondary N) is 1. The summed E-state index contributed by atoms with van der Waals surface area (Å²) in [5.41, 5.74) is 4.09. The molecule has 13 heavy (non-hydrogen) atoms. The van der Waals surface area contributed by atoms with Gasteiger partial charge in [-0.1, -0.05) is 13.3 Å². The number of hydrogen-bond donors (Lipinski definition) is 1. The molecule has 0 aromatic rings. The molecule has 1 aliphatic carbocycles. The van der Waals surface area contributed by atoms with E-state index in [1.165, 1.54) is 18.4 Å². The molecule has 1 saturated carbocycles. The Balaban J connectivity index is 2.15. The molecular weight excluding hydrogens is 166 g/mol. The smallest absolute Gasteiger partial charge is 0.187 e. The Morgan fingerprint density at radius 3 is 3.15 bits per heavy atom. The molecule has 2 unspecified atom stereocenters. The fourth-order valence-corrected chi connectivity index (χ4v) is 2.18. The lowest BCUT2D eigenvalue weighted by Gasteiger charge is -2.25. The molecule has 0 amide bonds. The van der Waals surface area contributed by atoms with Crippen molar-refractivity contribution in [3.05, 3.63) is 11.3 Å². The molecule has 2 atom stereocenters. The highest BCUT2D eigenvalue weighted by molar-refractivity contribution is 5.72. The summed E-state index contributed by atoms with van der Waals surface area (Å²) < 4.78 is 0. The van der Waals surface area contributed by atoms with Gasteiger partial charge in [-0.3, -0.25) is 4.79 Å². The molecule has 3 nitrogen and oxygen atoms in total. The van der Waals surface area contributed by atoms with Crippen molar-refractivity contribution in [2.24, 2.45) is 5.92 Å². The Morgan fingerprint density at radius 1 is 1.62 bits per heavy atom. The molecule has 0 radical (unpaired) electrons. The second-order valence-corrected chi connectivity index (χ2v) is 3.84. The highest BCUT2D eigenvalue weighted by Gasteiger charge is 2.32. The molecule has 72 valence electrons. The normalized spacial score (nSPS) is 32.7. The van der Waals surface area contributed by atoms with Crippen molar-refractivity contribution < 1.29 is 9.63 Å². The maximum Gasteiger partial charge on any atom is 0.187 e. The third kappa shape index (κ3) is 1.48. The number of allylic oxidation sites excluding steroid dienone is 1. The lowest BCUT2D eigenvalue weighted by Crippen LogP contribution is -2.29. The van der Waals surface area contributed by atoms with Gasteiger partial charge in [0.05, 0.1) is 6.04 Å². The quantitative estimate of drug-likeness (QED) is 0.657. The van der Waals surface area contributed by atoms with Crippen LogP contribution < -0.4 is 5.48 Å². The molecule has 2 aliphatic rings. The van der Waals surface area contributed by atoms with E-state index in [1.54, 1.807) is 0 Å². The predicted octanol–water partition coefficient (Wildman–Crippen LogP) is 1.55. The van der Waals surface area contributed by atoms with E-state index >= 15 is 0 Å². The molecule has 1 heterocycles. The van der Waals surface area contributed by atoms with Crippen LogP contribution in [0.15, 0.2) is 11.3 Å². The Kier molecular flexibility index (Phi) is 2.36. The third-order valence-corrected chi connectivity index (χ3v) is 3.10. The van der Waals surface area contributed by atoms with Crippen LogP contribution in [0.1, 0.15) is 32.6 Å². The van der Waals surface area contributed by atoms with Gasteiger partial charge in [0.1, 0.15) is 0 Å². The summed E-state index contributed by atoms with van der Waals surface area (Å²) in [4.78, 5) is 15.7. The van der Waals surface area contributed by atoms with Gasteiger partial charge in [-0.05, 0) is 30.8 Å². The van der Waals surface area contributed by atoms with Gasteiger partial charge in [0.15, 0.2) is 12.0 Å². The number of hydroxylamine groups is 1. The van der Waals surface area contributed by atoms with Gasteiger partial charge in [-0.25, -0.2) is 0 Å². The first-order chi connectivity index (χ1) is 6.35. The first-order valence-electron chi connectivity index (χ1n) is 4.95. The monoisotopic (exact) mass is 181 g/mol. The predicted molar refractivity (Wildman–Crippen MR) is 48.7 cm³/mol. The number of carbonyl (C=O) groups is 1. The van der Waals surface area contributed by atoms with Gasteiger partial charge in [-0.2, -0.15) is 0 Å². The van der Waals surface area contributed by atoms with Crippen LogP contribution >= 0.6 is 0 Å². The average molecular weight is 181 g/mol. The first kappa shape index (κ1) is 8.75. The molecule has 1 aliphatic heterocycles. The van der Waals surface area contributed by atoms with E-state index in [0.717, 1.165) is 25.0 Å². The summed E-state index contributed by atoms with van der Waals surface area (Å²) in [5, 5.41) is 0. The van der Waals surface area contributed by atoms with E-state index in [0.29, 0.717) is 11.8 Å². The van der Waals surface area contributed by atoms with Crippen molar-refractivity contribution in [3.63, 3.8) is 0 Å². The minimum atomic E-state index is 0.308. The minimum Gasteiger partial charge on any atom is -0.405 e. The van der Waals surface area contributed by atoms with E-state index < -0.39 is 0 Å². The lowest BCUT2D eigenvalue weighted by molar-refractivity contribution is -0.108. The van der Waals surface area contributed by atoms with Crippen LogP contribution in [0.25, 0.3) is 0 Å². The van der Waals surface area contributed by atoms with Gasteiger partial charge in [-0.15, -0.1) is 5.48 Å². The molecule has 0 spiro atoms. The van der Waals surface area contributed by atoms with Crippen LogP contribution in [-0.2, 0) is 9.63 Å². The zero-order chi connectivity index (χ0) is 9.26. The maximum atomic E-state index is 10.6. The van der Waals surface area contributed by atoms with E-state index in [2.05, 4.69) is 12.4 Å². The molecule has 1 N–H and O–H groups in total. The Morgan fingerprint density at radius 2 is 2.46 bits per heavy atom. The van der Waals surface area contributed by atoms with E-state index in [-0.39, 0.29) is 0 Å². The van der Waals surface area contributed by atoms with Gasteiger partial charge in [0, 0.05) is 0 Å². The SMILES string of the molecule is CCC1CCC2NOC(C=O)=C2C1. The minimum absolute atomic E-state index is 0.308. The number of carbonyl (C=O) groups excluding carboxylic acids is 1. The van der Waals surface area contributed by atoms with Gasteiger partial charge in [0.25, 0.3) is 0 Å². The summed E-state index contributed by atoms with van der Waals surface area (Å²) in [7, 11) is 0. The van der Waals surface area contributed by atoms with Crippen LogP contribution in [0.4, 0.5) is 0 Å². The van der Waals surface area contributed by atoms with Gasteiger partial charge < -0.3 is 4.84 Å². The molecule has 0 aromatic heterocycles. The molecule has 0 bridgehead atoms. The highest BCUT2D eigenvalue weighted by Crippen LogP contribution is 2.35. The van der Waals surface area contributed by atoms with Crippen molar-refractivity contribution in [3.8, 4) is 0 Å². The molecule has 3 heteroatoms. The van der Waals surface area contributed by atoms with Crippen LogP contribution in [0.2, 0.25) is 0 Å². The summed E-state index contributed by atoms with van der Waals surface area (Å²) in [6, 6.07) is 0.308.